The van der Waals surface area contributed by atoms with Gasteiger partial charge in [0.25, 0.3) is 5.91 Å². The lowest BCUT2D eigenvalue weighted by molar-refractivity contribution is 0.0374. The third-order valence-electron chi connectivity index (χ3n) is 3.65. The Balaban J connectivity index is 1.44. The summed E-state index contributed by atoms with van der Waals surface area (Å²) in [6.45, 7) is 7.03. The van der Waals surface area contributed by atoms with E-state index in [2.05, 4.69) is 20.4 Å². The number of thiazole rings is 1. The van der Waals surface area contributed by atoms with Crippen LogP contribution < -0.4 is 5.32 Å². The lowest BCUT2D eigenvalue weighted by atomic mass is 10.3. The second-order valence-corrected chi connectivity index (χ2v) is 6.45. The summed E-state index contributed by atoms with van der Waals surface area (Å²) >= 11 is 1.53. The van der Waals surface area contributed by atoms with Crippen LogP contribution in [-0.2, 0) is 4.74 Å². The number of hydrogen-bond donors (Lipinski definition) is 1. The monoisotopic (exact) mass is 336 g/mol. The Morgan fingerprint density at radius 1 is 1.43 bits per heavy atom. The number of aromatic nitrogens is 2. The van der Waals surface area contributed by atoms with Gasteiger partial charge >= 0.3 is 0 Å². The highest BCUT2D eigenvalue weighted by Crippen LogP contribution is 2.22. The predicted molar refractivity (Wildman–Crippen MR) is 86.6 cm³/mol. The Labute approximate surface area is 138 Å². The number of carbonyl (C=O) groups is 1. The van der Waals surface area contributed by atoms with Crippen molar-refractivity contribution in [3.05, 3.63) is 22.1 Å². The van der Waals surface area contributed by atoms with Gasteiger partial charge in [0.2, 0.25) is 0 Å². The molecular weight excluding hydrogens is 316 g/mol. The number of hydrogen-bond acceptors (Lipinski definition) is 7. The van der Waals surface area contributed by atoms with Crippen LogP contribution in [0.2, 0.25) is 0 Å². The summed E-state index contributed by atoms with van der Waals surface area (Å²) in [6.07, 6.45) is 0.904. The molecule has 1 saturated heterocycles. The van der Waals surface area contributed by atoms with Crippen molar-refractivity contribution in [3.8, 4) is 11.5 Å². The van der Waals surface area contributed by atoms with Crippen LogP contribution in [0.4, 0.5) is 0 Å². The van der Waals surface area contributed by atoms with E-state index in [0.717, 1.165) is 44.3 Å². The van der Waals surface area contributed by atoms with Gasteiger partial charge in [-0.2, -0.15) is 0 Å². The summed E-state index contributed by atoms with van der Waals surface area (Å²) in [4.78, 5) is 18.7. The van der Waals surface area contributed by atoms with Crippen LogP contribution >= 0.6 is 11.3 Å². The third-order valence-corrected chi connectivity index (χ3v) is 4.43. The third kappa shape index (κ3) is 4.37. The van der Waals surface area contributed by atoms with Crippen LogP contribution in [0.3, 0.4) is 0 Å². The summed E-state index contributed by atoms with van der Waals surface area (Å²) in [5.74, 6) is 0.307. The minimum Gasteiger partial charge on any atom is -0.379 e. The standard InChI is InChI=1S/C15H20N4O3S/c1-11-17-13(10-23-11)14-9-12(18-22-14)15(20)16-3-2-4-19-5-7-21-8-6-19/h9-10H,2-8H2,1H3,(H,16,20). The minimum absolute atomic E-state index is 0.214. The van der Waals surface area contributed by atoms with Crippen LogP contribution in [0.15, 0.2) is 16.0 Å². The van der Waals surface area contributed by atoms with Crippen LogP contribution in [0.5, 0.6) is 0 Å². The van der Waals surface area contributed by atoms with Crippen LogP contribution in [0, 0.1) is 6.92 Å². The van der Waals surface area contributed by atoms with Crippen molar-refractivity contribution >= 4 is 17.2 Å². The summed E-state index contributed by atoms with van der Waals surface area (Å²) in [7, 11) is 0. The Morgan fingerprint density at radius 3 is 3.00 bits per heavy atom. The molecular formula is C15H20N4O3S. The SMILES string of the molecule is Cc1nc(-c2cc(C(=O)NCCCN3CCOCC3)no2)cs1. The van der Waals surface area contributed by atoms with Gasteiger partial charge < -0.3 is 14.6 Å². The number of carbonyl (C=O) groups excluding carboxylic acids is 1. The van der Waals surface area contributed by atoms with Gasteiger partial charge in [0.1, 0.15) is 5.69 Å². The first-order chi connectivity index (χ1) is 11.2. The number of morpholine rings is 1. The molecule has 0 bridgehead atoms. The van der Waals surface area contributed by atoms with Crippen molar-refractivity contribution in [3.63, 3.8) is 0 Å². The highest BCUT2D eigenvalue weighted by atomic mass is 32.1. The van der Waals surface area contributed by atoms with E-state index in [1.54, 1.807) is 6.07 Å². The van der Waals surface area contributed by atoms with Gasteiger partial charge in [-0.05, 0) is 19.9 Å². The molecule has 1 aliphatic heterocycles. The summed E-state index contributed by atoms with van der Waals surface area (Å²) in [5, 5.41) is 9.53. The molecule has 0 saturated carbocycles. The topological polar surface area (TPSA) is 80.5 Å². The van der Waals surface area contributed by atoms with Crippen molar-refractivity contribution in [1.82, 2.24) is 20.4 Å². The highest BCUT2D eigenvalue weighted by molar-refractivity contribution is 7.09. The number of nitrogens with zero attached hydrogens (tertiary/aromatic N) is 3. The fourth-order valence-electron chi connectivity index (χ4n) is 2.40. The summed E-state index contributed by atoms with van der Waals surface area (Å²) in [5.41, 5.74) is 1.00. The molecule has 8 heteroatoms. The molecule has 0 radical (unpaired) electrons. The van der Waals surface area contributed by atoms with Crippen LogP contribution in [0.1, 0.15) is 21.9 Å². The number of ether oxygens (including phenoxy) is 1. The largest absolute Gasteiger partial charge is 0.379 e. The van der Waals surface area contributed by atoms with Gasteiger partial charge in [0.05, 0.1) is 18.2 Å². The summed E-state index contributed by atoms with van der Waals surface area (Å²) < 4.78 is 10.5. The second-order valence-electron chi connectivity index (χ2n) is 5.39. The van der Waals surface area contributed by atoms with Crippen LogP contribution in [0.25, 0.3) is 11.5 Å². The molecule has 1 fully saturated rings. The van der Waals surface area contributed by atoms with Crippen molar-refractivity contribution in [2.45, 2.75) is 13.3 Å². The van der Waals surface area contributed by atoms with Gasteiger partial charge in [-0.3, -0.25) is 9.69 Å². The van der Waals surface area contributed by atoms with E-state index >= 15 is 0 Å². The van der Waals surface area contributed by atoms with Crippen molar-refractivity contribution < 1.29 is 14.1 Å². The lowest BCUT2D eigenvalue weighted by Gasteiger charge is -2.26. The zero-order chi connectivity index (χ0) is 16.1. The average molecular weight is 336 g/mol. The Morgan fingerprint density at radius 2 is 2.26 bits per heavy atom. The first-order valence-electron chi connectivity index (χ1n) is 7.70. The number of rotatable bonds is 6. The molecule has 3 rings (SSSR count). The molecule has 0 unspecified atom stereocenters. The van der Waals surface area contributed by atoms with E-state index in [9.17, 15) is 4.79 Å². The molecule has 1 N–H and O–H groups in total. The molecule has 23 heavy (non-hydrogen) atoms. The average Bonchev–Trinajstić information content (AvgIpc) is 3.21. The Kier molecular flexibility index (Phi) is 5.37. The quantitative estimate of drug-likeness (QED) is 0.806. The molecule has 0 aromatic carbocycles. The van der Waals surface area contributed by atoms with Gasteiger partial charge in [0.15, 0.2) is 11.5 Å². The lowest BCUT2D eigenvalue weighted by Crippen LogP contribution is -2.38. The smallest absolute Gasteiger partial charge is 0.273 e. The van der Waals surface area contributed by atoms with Gasteiger partial charge in [-0.1, -0.05) is 5.16 Å². The van der Waals surface area contributed by atoms with Gasteiger partial charge in [0, 0.05) is 31.1 Å². The highest BCUT2D eigenvalue weighted by Gasteiger charge is 2.15. The maximum absolute atomic E-state index is 12.1. The van der Waals surface area contributed by atoms with E-state index in [0.29, 0.717) is 18.0 Å². The zero-order valence-electron chi connectivity index (χ0n) is 13.1. The molecule has 7 nitrogen and oxygen atoms in total. The molecule has 1 amide bonds. The normalized spacial score (nSPS) is 15.7. The van der Waals surface area contributed by atoms with E-state index < -0.39 is 0 Å². The minimum atomic E-state index is -0.214. The Hall–Kier alpha value is -1.77. The molecule has 3 heterocycles. The molecule has 2 aromatic heterocycles. The van der Waals surface area contributed by atoms with Gasteiger partial charge in [-0.15, -0.1) is 11.3 Å². The second kappa shape index (κ2) is 7.67. The number of nitrogens with one attached hydrogen (secondary N) is 1. The maximum Gasteiger partial charge on any atom is 0.273 e. The zero-order valence-corrected chi connectivity index (χ0v) is 13.9. The summed E-state index contributed by atoms with van der Waals surface area (Å²) in [6, 6.07) is 1.63. The molecule has 124 valence electrons. The fourth-order valence-corrected chi connectivity index (χ4v) is 3.00. The Bertz CT molecular complexity index is 649. The molecule has 0 aliphatic carbocycles. The van der Waals surface area contributed by atoms with Crippen molar-refractivity contribution in [2.24, 2.45) is 0 Å². The first kappa shape index (κ1) is 16.1. The van der Waals surface area contributed by atoms with E-state index in [1.807, 2.05) is 12.3 Å². The molecule has 0 atom stereocenters. The van der Waals surface area contributed by atoms with Gasteiger partial charge in [-0.25, -0.2) is 4.98 Å². The predicted octanol–water partition coefficient (Wildman–Crippen LogP) is 1.56. The van der Waals surface area contributed by atoms with Crippen molar-refractivity contribution in [1.29, 1.82) is 0 Å². The number of aryl methyl sites for hydroxylation is 1. The van der Waals surface area contributed by atoms with E-state index in [-0.39, 0.29) is 11.6 Å². The molecule has 1 aliphatic rings. The van der Waals surface area contributed by atoms with Crippen LogP contribution in [-0.4, -0.2) is 60.3 Å². The maximum atomic E-state index is 12.1. The van der Waals surface area contributed by atoms with Crippen molar-refractivity contribution in [2.75, 3.05) is 39.4 Å². The van der Waals surface area contributed by atoms with E-state index in [4.69, 9.17) is 9.26 Å². The molecule has 2 aromatic rings. The number of amides is 1. The molecule has 0 spiro atoms. The first-order valence-corrected chi connectivity index (χ1v) is 8.58. The van der Waals surface area contributed by atoms with E-state index in [1.165, 1.54) is 11.3 Å². The fraction of sp³-hybridized carbons (Fsp3) is 0.533.